The molecule has 1 atom stereocenters. The van der Waals surface area contributed by atoms with Crippen LogP contribution in [0.4, 0.5) is 5.82 Å². The number of hydrogen-bond donors (Lipinski definition) is 2. The molecule has 4 nitrogen and oxygen atoms in total. The molecular weight excluding hydrogens is 282 g/mol. The number of nitrogens with one attached hydrogen (secondary N) is 2. The minimum Gasteiger partial charge on any atom is -0.373 e. The molecule has 0 spiro atoms. The van der Waals surface area contributed by atoms with Crippen molar-refractivity contribution in [3.05, 3.63) is 22.8 Å². The van der Waals surface area contributed by atoms with E-state index >= 15 is 0 Å². The summed E-state index contributed by atoms with van der Waals surface area (Å²) in [4.78, 5) is 16.2. The number of rotatable bonds is 4. The molecule has 1 aromatic heterocycles. The highest BCUT2D eigenvalue weighted by Crippen LogP contribution is 2.37. The second-order valence-electron chi connectivity index (χ2n) is 4.90. The van der Waals surface area contributed by atoms with Gasteiger partial charge in [-0.3, -0.25) is 4.79 Å². The van der Waals surface area contributed by atoms with Crippen molar-refractivity contribution in [2.75, 3.05) is 24.7 Å². The summed E-state index contributed by atoms with van der Waals surface area (Å²) in [5.41, 5.74) is 0.538. The van der Waals surface area contributed by atoms with Crippen molar-refractivity contribution in [3.63, 3.8) is 0 Å². The van der Waals surface area contributed by atoms with E-state index < -0.39 is 0 Å². The van der Waals surface area contributed by atoms with Crippen LogP contribution in [0.3, 0.4) is 0 Å². The molecule has 0 radical (unpaired) electrons. The van der Waals surface area contributed by atoms with Crippen LogP contribution in [0.5, 0.6) is 0 Å². The first-order chi connectivity index (χ1) is 9.02. The first-order valence-electron chi connectivity index (χ1n) is 6.30. The number of amides is 1. The zero-order valence-corrected chi connectivity index (χ0v) is 12.7. The molecule has 1 aliphatic heterocycles. The van der Waals surface area contributed by atoms with E-state index in [0.29, 0.717) is 23.1 Å². The fourth-order valence-corrected chi connectivity index (χ4v) is 3.55. The Kier molecular flexibility index (Phi) is 4.58. The van der Waals surface area contributed by atoms with Gasteiger partial charge in [0.1, 0.15) is 11.0 Å². The Hall–Kier alpha value is -0.940. The first kappa shape index (κ1) is 14.5. The number of aromatic nitrogens is 1. The van der Waals surface area contributed by atoms with Crippen LogP contribution in [0.25, 0.3) is 0 Å². The van der Waals surface area contributed by atoms with Crippen LogP contribution in [0, 0.1) is 0 Å². The van der Waals surface area contributed by atoms with E-state index in [1.807, 2.05) is 11.8 Å². The number of carbonyl (C=O) groups excluding carboxylic acids is 1. The zero-order valence-electron chi connectivity index (χ0n) is 11.1. The lowest BCUT2D eigenvalue weighted by molar-refractivity contribution is 0.0950. The molecule has 0 aromatic carbocycles. The number of halogens is 1. The molecule has 1 fully saturated rings. The van der Waals surface area contributed by atoms with Gasteiger partial charge < -0.3 is 10.6 Å². The summed E-state index contributed by atoms with van der Waals surface area (Å²) in [6.45, 7) is 2.88. The number of pyridine rings is 1. The molecule has 1 amide bonds. The third kappa shape index (κ3) is 3.76. The predicted octanol–water partition coefficient (Wildman–Crippen LogP) is 2.79. The van der Waals surface area contributed by atoms with Gasteiger partial charge in [-0.2, -0.15) is 11.8 Å². The summed E-state index contributed by atoms with van der Waals surface area (Å²) in [6, 6.07) is 3.28. The van der Waals surface area contributed by atoms with Gasteiger partial charge in [0.05, 0.1) is 0 Å². The lowest BCUT2D eigenvalue weighted by atomic mass is 10.1. The third-order valence-electron chi connectivity index (χ3n) is 3.24. The lowest BCUT2D eigenvalue weighted by Gasteiger charge is -2.22. The average Bonchev–Trinajstić information content (AvgIpc) is 2.82. The molecule has 2 N–H and O–H groups in total. The Morgan fingerprint density at radius 3 is 3.00 bits per heavy atom. The SMILES string of the molecule is CNc1cc(C(=O)NCC2(C)CCCS2)cc(Cl)n1. The van der Waals surface area contributed by atoms with E-state index in [1.54, 1.807) is 19.2 Å². The molecule has 0 saturated carbocycles. The molecule has 1 saturated heterocycles. The summed E-state index contributed by atoms with van der Waals surface area (Å²) in [6.07, 6.45) is 2.37. The fourth-order valence-electron chi connectivity index (χ4n) is 2.10. The molecule has 1 aromatic rings. The molecule has 2 heterocycles. The van der Waals surface area contributed by atoms with Gasteiger partial charge in [0.15, 0.2) is 0 Å². The molecule has 6 heteroatoms. The maximum Gasteiger partial charge on any atom is 0.251 e. The van der Waals surface area contributed by atoms with Gasteiger partial charge in [-0.05, 0) is 37.7 Å². The van der Waals surface area contributed by atoms with Gasteiger partial charge in [-0.1, -0.05) is 11.6 Å². The number of carbonyl (C=O) groups is 1. The van der Waals surface area contributed by atoms with Gasteiger partial charge in [-0.25, -0.2) is 4.98 Å². The Morgan fingerprint density at radius 1 is 1.58 bits per heavy atom. The van der Waals surface area contributed by atoms with E-state index in [2.05, 4.69) is 22.5 Å². The Bertz CT molecular complexity index is 475. The molecule has 2 rings (SSSR count). The van der Waals surface area contributed by atoms with E-state index in [4.69, 9.17) is 11.6 Å². The summed E-state index contributed by atoms with van der Waals surface area (Å²) >= 11 is 7.82. The van der Waals surface area contributed by atoms with Crippen LogP contribution in [0.15, 0.2) is 12.1 Å². The Balaban J connectivity index is 2.01. The topological polar surface area (TPSA) is 54.0 Å². The monoisotopic (exact) mass is 299 g/mol. The van der Waals surface area contributed by atoms with Crippen molar-refractivity contribution in [3.8, 4) is 0 Å². The molecular formula is C13H18ClN3OS. The largest absolute Gasteiger partial charge is 0.373 e. The van der Waals surface area contributed by atoms with Crippen LogP contribution < -0.4 is 10.6 Å². The van der Waals surface area contributed by atoms with E-state index in [-0.39, 0.29) is 10.7 Å². The second kappa shape index (κ2) is 6.01. The maximum absolute atomic E-state index is 12.1. The quantitative estimate of drug-likeness (QED) is 0.840. The number of thioether (sulfide) groups is 1. The molecule has 0 bridgehead atoms. The smallest absolute Gasteiger partial charge is 0.251 e. The number of anilines is 1. The standard InChI is InChI=1S/C13H18ClN3OS/c1-13(4-3-5-19-13)8-16-12(18)9-6-10(14)17-11(7-9)15-2/h6-7H,3-5,8H2,1-2H3,(H,15,17)(H,16,18). The number of nitrogens with zero attached hydrogens (tertiary/aromatic N) is 1. The van der Waals surface area contributed by atoms with Crippen LogP contribution in [-0.2, 0) is 0 Å². The number of hydrogen-bond acceptors (Lipinski definition) is 4. The predicted molar refractivity (Wildman–Crippen MR) is 81.2 cm³/mol. The Labute approximate surface area is 122 Å². The molecule has 104 valence electrons. The van der Waals surface area contributed by atoms with Crippen LogP contribution in [-0.4, -0.2) is 35.0 Å². The fraction of sp³-hybridized carbons (Fsp3) is 0.538. The van der Waals surface area contributed by atoms with E-state index in [0.717, 1.165) is 6.42 Å². The lowest BCUT2D eigenvalue weighted by Crippen LogP contribution is -2.36. The van der Waals surface area contributed by atoms with Crippen molar-refractivity contribution in [2.45, 2.75) is 24.5 Å². The van der Waals surface area contributed by atoms with Crippen molar-refractivity contribution >= 4 is 35.1 Å². The summed E-state index contributed by atoms with van der Waals surface area (Å²) < 4.78 is 0.165. The summed E-state index contributed by atoms with van der Waals surface area (Å²) in [5.74, 6) is 1.67. The van der Waals surface area contributed by atoms with Crippen molar-refractivity contribution in [1.29, 1.82) is 0 Å². The third-order valence-corrected chi connectivity index (χ3v) is 4.97. The Morgan fingerprint density at radius 2 is 2.37 bits per heavy atom. The zero-order chi connectivity index (χ0) is 13.9. The van der Waals surface area contributed by atoms with Crippen molar-refractivity contribution in [1.82, 2.24) is 10.3 Å². The molecule has 19 heavy (non-hydrogen) atoms. The van der Waals surface area contributed by atoms with Crippen molar-refractivity contribution in [2.24, 2.45) is 0 Å². The van der Waals surface area contributed by atoms with Gasteiger partial charge in [0.2, 0.25) is 0 Å². The maximum atomic E-state index is 12.1. The molecule has 1 unspecified atom stereocenters. The van der Waals surface area contributed by atoms with Crippen molar-refractivity contribution < 1.29 is 4.79 Å². The van der Waals surface area contributed by atoms with Gasteiger partial charge >= 0.3 is 0 Å². The second-order valence-corrected chi connectivity index (χ2v) is 6.97. The van der Waals surface area contributed by atoms with Crippen LogP contribution in [0.1, 0.15) is 30.1 Å². The van der Waals surface area contributed by atoms with Gasteiger partial charge in [0, 0.05) is 23.9 Å². The van der Waals surface area contributed by atoms with E-state index in [1.165, 1.54) is 12.2 Å². The van der Waals surface area contributed by atoms with Crippen LogP contribution >= 0.6 is 23.4 Å². The van der Waals surface area contributed by atoms with E-state index in [9.17, 15) is 4.79 Å². The minimum absolute atomic E-state index is 0.102. The first-order valence-corrected chi connectivity index (χ1v) is 7.66. The normalized spacial score (nSPS) is 22.3. The van der Waals surface area contributed by atoms with Gasteiger partial charge in [0.25, 0.3) is 5.91 Å². The highest BCUT2D eigenvalue weighted by molar-refractivity contribution is 8.00. The highest BCUT2D eigenvalue weighted by Gasteiger charge is 2.29. The average molecular weight is 300 g/mol. The molecule has 1 aliphatic rings. The molecule has 0 aliphatic carbocycles. The summed E-state index contributed by atoms with van der Waals surface area (Å²) in [7, 11) is 1.75. The summed E-state index contributed by atoms with van der Waals surface area (Å²) in [5, 5.41) is 6.19. The highest BCUT2D eigenvalue weighted by atomic mass is 35.5. The minimum atomic E-state index is -0.102. The van der Waals surface area contributed by atoms with Crippen LogP contribution in [0.2, 0.25) is 5.15 Å². The van der Waals surface area contributed by atoms with Gasteiger partial charge in [-0.15, -0.1) is 0 Å².